The van der Waals surface area contributed by atoms with Crippen molar-refractivity contribution in [1.82, 2.24) is 15.0 Å². The number of hydrogen-bond acceptors (Lipinski definition) is 7. The molecule has 3 aromatic rings. The number of morpholine rings is 1. The molecule has 30 heavy (non-hydrogen) atoms. The van der Waals surface area contributed by atoms with Gasteiger partial charge in [-0.1, -0.05) is 11.6 Å². The molecule has 0 aliphatic carbocycles. The highest BCUT2D eigenvalue weighted by atomic mass is 79.9. The summed E-state index contributed by atoms with van der Waals surface area (Å²) in [6.45, 7) is 4.34. The topological polar surface area (TPSA) is 72.4 Å². The number of ether oxygens (including phenoxy) is 2. The van der Waals surface area contributed by atoms with Crippen LogP contribution in [0.25, 0.3) is 11.0 Å². The second kappa shape index (κ2) is 7.79. The van der Waals surface area contributed by atoms with Gasteiger partial charge in [0.25, 0.3) is 5.88 Å². The van der Waals surface area contributed by atoms with Gasteiger partial charge in [-0.15, -0.1) is 0 Å². The van der Waals surface area contributed by atoms with Crippen LogP contribution in [0, 0.1) is 5.82 Å². The van der Waals surface area contributed by atoms with Crippen LogP contribution in [0.2, 0.25) is 5.15 Å². The zero-order valence-corrected chi connectivity index (χ0v) is 18.4. The first kappa shape index (κ1) is 19.7. The van der Waals surface area contributed by atoms with E-state index in [9.17, 15) is 4.39 Å². The van der Waals surface area contributed by atoms with Crippen molar-refractivity contribution in [3.8, 4) is 5.88 Å². The van der Waals surface area contributed by atoms with Gasteiger partial charge in [0.05, 0.1) is 42.0 Å². The fourth-order valence-corrected chi connectivity index (χ4v) is 4.50. The maximum atomic E-state index is 14.4. The summed E-state index contributed by atoms with van der Waals surface area (Å²) in [5.41, 5.74) is 2.52. The van der Waals surface area contributed by atoms with Gasteiger partial charge in [-0.3, -0.25) is 0 Å². The first-order valence-corrected chi connectivity index (χ1v) is 10.7. The molecule has 2 aliphatic heterocycles. The van der Waals surface area contributed by atoms with Crippen LogP contribution in [0.4, 0.5) is 15.9 Å². The average molecular weight is 495 g/mol. The Morgan fingerprint density at radius 3 is 2.97 bits per heavy atom. The molecule has 5 rings (SSSR count). The Morgan fingerprint density at radius 1 is 1.27 bits per heavy atom. The highest BCUT2D eigenvalue weighted by Crippen LogP contribution is 2.36. The SMILES string of the molecule is C[C@@H](Nc1ccc(Cl)nc1Br)c1cc(F)cc2nc3c(nc12)N1CCOC[C@H]1CO3. The number of fused-ring (bicyclic) bond motifs is 4. The summed E-state index contributed by atoms with van der Waals surface area (Å²) in [7, 11) is 0. The second-order valence-electron chi connectivity index (χ2n) is 7.29. The van der Waals surface area contributed by atoms with Crippen LogP contribution in [-0.2, 0) is 4.74 Å². The fourth-order valence-electron chi connectivity index (χ4n) is 3.82. The van der Waals surface area contributed by atoms with Crippen molar-refractivity contribution in [2.75, 3.05) is 36.6 Å². The molecule has 2 aliphatic rings. The monoisotopic (exact) mass is 493 g/mol. The van der Waals surface area contributed by atoms with Gasteiger partial charge in [-0.05, 0) is 41.1 Å². The van der Waals surface area contributed by atoms with E-state index < -0.39 is 0 Å². The molecule has 1 aromatic carbocycles. The number of rotatable bonds is 3. The van der Waals surface area contributed by atoms with Crippen molar-refractivity contribution in [1.29, 1.82) is 0 Å². The van der Waals surface area contributed by atoms with E-state index in [0.717, 1.165) is 12.2 Å². The molecule has 0 saturated carbocycles. The third kappa shape index (κ3) is 3.55. The van der Waals surface area contributed by atoms with Crippen LogP contribution >= 0.6 is 27.5 Å². The highest BCUT2D eigenvalue weighted by molar-refractivity contribution is 9.10. The molecule has 7 nitrogen and oxygen atoms in total. The van der Waals surface area contributed by atoms with Crippen LogP contribution in [-0.4, -0.2) is 47.4 Å². The van der Waals surface area contributed by atoms with E-state index in [1.54, 1.807) is 6.07 Å². The number of hydrogen-bond donors (Lipinski definition) is 1. The molecular weight excluding hydrogens is 477 g/mol. The minimum atomic E-state index is -0.381. The Bertz CT molecular complexity index is 1130. The molecule has 10 heteroatoms. The fraction of sp³-hybridized carbons (Fsp3) is 0.350. The third-order valence-corrected chi connectivity index (χ3v) is 6.10. The third-order valence-electron chi connectivity index (χ3n) is 5.28. The zero-order valence-electron chi connectivity index (χ0n) is 16.0. The molecule has 4 heterocycles. The molecule has 0 unspecified atom stereocenters. The molecule has 0 radical (unpaired) electrons. The maximum Gasteiger partial charge on any atom is 0.258 e. The lowest BCUT2D eigenvalue weighted by Crippen LogP contribution is -2.51. The number of anilines is 2. The van der Waals surface area contributed by atoms with E-state index in [1.165, 1.54) is 12.1 Å². The van der Waals surface area contributed by atoms with Gasteiger partial charge in [-0.25, -0.2) is 19.3 Å². The average Bonchev–Trinajstić information content (AvgIpc) is 2.73. The Labute approximate surface area is 185 Å². The van der Waals surface area contributed by atoms with E-state index in [0.29, 0.717) is 57.9 Å². The Balaban J connectivity index is 1.57. The van der Waals surface area contributed by atoms with E-state index in [1.807, 2.05) is 13.0 Å². The number of pyridine rings is 1. The molecule has 156 valence electrons. The van der Waals surface area contributed by atoms with Crippen molar-refractivity contribution >= 4 is 50.1 Å². The van der Waals surface area contributed by atoms with Crippen molar-refractivity contribution in [2.45, 2.75) is 19.0 Å². The smallest absolute Gasteiger partial charge is 0.258 e. The Kier molecular flexibility index (Phi) is 5.12. The number of nitrogens with one attached hydrogen (secondary N) is 1. The van der Waals surface area contributed by atoms with Gasteiger partial charge >= 0.3 is 0 Å². The van der Waals surface area contributed by atoms with Gasteiger partial charge in [0.1, 0.15) is 22.2 Å². The summed E-state index contributed by atoms with van der Waals surface area (Å²) in [6, 6.07) is 6.22. The standard InChI is InChI=1S/C20H18BrClFN5O2/c1-10(24-14-2-3-16(22)26-18(14)21)13-6-11(23)7-15-17(13)27-19-20(25-15)30-9-12-8-29-5-4-28(12)19/h2-3,6-7,10,12,24H,4-5,8-9H2,1H3/t10-,12+/m1/s1. The van der Waals surface area contributed by atoms with Crippen LogP contribution < -0.4 is 15.0 Å². The van der Waals surface area contributed by atoms with Gasteiger partial charge in [0.15, 0.2) is 5.82 Å². The summed E-state index contributed by atoms with van der Waals surface area (Å²) in [5, 5.41) is 3.73. The van der Waals surface area contributed by atoms with Crippen LogP contribution in [0.5, 0.6) is 5.88 Å². The van der Waals surface area contributed by atoms with E-state index in [2.05, 4.69) is 36.1 Å². The van der Waals surface area contributed by atoms with Crippen LogP contribution in [0.3, 0.4) is 0 Å². The van der Waals surface area contributed by atoms with Crippen molar-refractivity contribution in [3.05, 3.63) is 45.4 Å². The molecule has 1 saturated heterocycles. The van der Waals surface area contributed by atoms with Gasteiger partial charge in [0, 0.05) is 18.2 Å². The first-order chi connectivity index (χ1) is 14.5. The number of aromatic nitrogens is 3. The molecule has 2 atom stereocenters. The van der Waals surface area contributed by atoms with Crippen molar-refractivity contribution < 1.29 is 13.9 Å². The number of nitrogens with zero attached hydrogens (tertiary/aromatic N) is 4. The lowest BCUT2D eigenvalue weighted by molar-refractivity contribution is 0.0686. The van der Waals surface area contributed by atoms with Crippen LogP contribution in [0.15, 0.2) is 28.9 Å². The van der Waals surface area contributed by atoms with Crippen LogP contribution in [0.1, 0.15) is 18.5 Å². The molecule has 0 spiro atoms. The summed E-state index contributed by atoms with van der Waals surface area (Å²) in [4.78, 5) is 15.8. The minimum absolute atomic E-state index is 0.105. The molecule has 1 N–H and O–H groups in total. The quantitative estimate of drug-likeness (QED) is 0.543. The second-order valence-corrected chi connectivity index (χ2v) is 8.43. The largest absolute Gasteiger partial charge is 0.473 e. The molecular formula is C20H18BrClFN5O2. The molecule has 1 fully saturated rings. The van der Waals surface area contributed by atoms with Crippen molar-refractivity contribution in [3.63, 3.8) is 0 Å². The predicted molar refractivity (Wildman–Crippen MR) is 116 cm³/mol. The number of halogens is 3. The summed E-state index contributed by atoms with van der Waals surface area (Å²) >= 11 is 9.34. The molecule has 0 amide bonds. The summed E-state index contributed by atoms with van der Waals surface area (Å²) < 4.78 is 26.4. The van der Waals surface area contributed by atoms with Gasteiger partial charge < -0.3 is 19.7 Å². The normalized spacial score (nSPS) is 19.1. The number of benzene rings is 1. The molecule has 0 bridgehead atoms. The lowest BCUT2D eigenvalue weighted by atomic mass is 10.1. The minimum Gasteiger partial charge on any atom is -0.473 e. The Hall–Kier alpha value is -2.23. The summed E-state index contributed by atoms with van der Waals surface area (Å²) in [6.07, 6.45) is 0. The molecule has 2 aromatic heterocycles. The van der Waals surface area contributed by atoms with Crippen molar-refractivity contribution in [2.24, 2.45) is 0 Å². The van der Waals surface area contributed by atoms with E-state index in [4.69, 9.17) is 26.1 Å². The first-order valence-electron chi connectivity index (χ1n) is 9.56. The van der Waals surface area contributed by atoms with E-state index in [-0.39, 0.29) is 17.9 Å². The predicted octanol–water partition coefficient (Wildman–Crippen LogP) is 4.35. The van der Waals surface area contributed by atoms with E-state index >= 15 is 0 Å². The highest BCUT2D eigenvalue weighted by Gasteiger charge is 2.33. The van der Waals surface area contributed by atoms with Gasteiger partial charge in [0.2, 0.25) is 0 Å². The lowest BCUT2D eigenvalue weighted by Gasteiger charge is -2.39. The maximum absolute atomic E-state index is 14.4. The summed E-state index contributed by atoms with van der Waals surface area (Å²) in [5.74, 6) is 0.729. The zero-order chi connectivity index (χ0) is 20.8. The van der Waals surface area contributed by atoms with Gasteiger partial charge in [-0.2, -0.15) is 0 Å². The Morgan fingerprint density at radius 2 is 2.13 bits per heavy atom.